The van der Waals surface area contributed by atoms with E-state index in [9.17, 15) is 5.11 Å². The first kappa shape index (κ1) is 11.5. The number of pyridine rings is 1. The van der Waals surface area contributed by atoms with Crippen molar-refractivity contribution in [1.82, 2.24) is 10.1 Å². The number of hydrogen-bond acceptors (Lipinski definition) is 5. The van der Waals surface area contributed by atoms with Gasteiger partial charge in [0.25, 0.3) is 0 Å². The van der Waals surface area contributed by atoms with Crippen LogP contribution in [0.3, 0.4) is 0 Å². The van der Waals surface area contributed by atoms with E-state index in [0.29, 0.717) is 22.5 Å². The van der Waals surface area contributed by atoms with Crippen LogP contribution < -0.4 is 4.74 Å². The molecule has 2 aromatic heterocycles. The topological polar surface area (TPSA) is 68.4 Å². The Morgan fingerprint density at radius 3 is 2.63 bits per heavy atom. The summed E-state index contributed by atoms with van der Waals surface area (Å²) in [5.41, 5.74) is 3.10. The molecule has 3 rings (SSSR count). The molecule has 1 N–H and O–H groups in total. The minimum atomic E-state index is 0.0384. The van der Waals surface area contributed by atoms with Crippen LogP contribution in [0.25, 0.3) is 22.4 Å². The molecule has 19 heavy (non-hydrogen) atoms. The van der Waals surface area contributed by atoms with Crippen molar-refractivity contribution in [1.29, 1.82) is 0 Å². The Hall–Kier alpha value is -2.56. The molecule has 5 heteroatoms. The fourth-order valence-electron chi connectivity index (χ4n) is 1.92. The first-order chi connectivity index (χ1) is 9.19. The number of ether oxygens (including phenoxy) is 1. The fourth-order valence-corrected chi connectivity index (χ4v) is 1.92. The zero-order valence-corrected chi connectivity index (χ0v) is 10.5. The summed E-state index contributed by atoms with van der Waals surface area (Å²) in [5.74, 6) is 0.812. The zero-order valence-electron chi connectivity index (χ0n) is 10.5. The minimum absolute atomic E-state index is 0.0384. The number of rotatable bonds is 2. The quantitative estimate of drug-likeness (QED) is 0.763. The summed E-state index contributed by atoms with van der Waals surface area (Å²) < 4.78 is 10.1. The molecule has 0 aliphatic heterocycles. The minimum Gasteiger partial charge on any atom is -0.504 e. The number of nitrogens with zero attached hydrogens (tertiary/aromatic N) is 2. The van der Waals surface area contributed by atoms with Crippen LogP contribution in [0, 0.1) is 6.92 Å². The zero-order chi connectivity index (χ0) is 13.4. The van der Waals surface area contributed by atoms with Crippen LogP contribution >= 0.6 is 0 Å². The molecule has 0 saturated heterocycles. The monoisotopic (exact) mass is 256 g/mol. The molecule has 5 nitrogen and oxygen atoms in total. The Morgan fingerprint density at radius 1 is 1.21 bits per heavy atom. The summed E-state index contributed by atoms with van der Waals surface area (Å²) in [4.78, 5) is 4.46. The molecule has 0 amide bonds. The number of aryl methyl sites for hydroxylation is 1. The van der Waals surface area contributed by atoms with Gasteiger partial charge in [0.2, 0.25) is 5.58 Å². The van der Waals surface area contributed by atoms with E-state index in [4.69, 9.17) is 9.26 Å². The lowest BCUT2D eigenvalue weighted by Crippen LogP contribution is -1.87. The van der Waals surface area contributed by atoms with Gasteiger partial charge in [-0.3, -0.25) is 0 Å². The molecular formula is C14H12N2O3. The van der Waals surface area contributed by atoms with Crippen LogP contribution in [0.1, 0.15) is 5.69 Å². The second-order valence-corrected chi connectivity index (χ2v) is 4.20. The molecule has 96 valence electrons. The second-order valence-electron chi connectivity index (χ2n) is 4.20. The van der Waals surface area contributed by atoms with Gasteiger partial charge in [-0.2, -0.15) is 0 Å². The normalized spacial score (nSPS) is 10.8. The maximum Gasteiger partial charge on any atom is 0.227 e. The summed E-state index contributed by atoms with van der Waals surface area (Å²) in [6.45, 7) is 1.79. The molecule has 0 saturated carbocycles. The molecule has 0 aliphatic carbocycles. The maximum atomic E-state index is 9.93. The van der Waals surface area contributed by atoms with Gasteiger partial charge in [-0.25, -0.2) is 4.98 Å². The number of aromatic hydroxyl groups is 1. The van der Waals surface area contributed by atoms with Gasteiger partial charge in [0, 0.05) is 11.6 Å². The van der Waals surface area contributed by atoms with Crippen LogP contribution in [0.15, 0.2) is 34.9 Å². The van der Waals surface area contributed by atoms with Crippen molar-refractivity contribution >= 4 is 11.1 Å². The molecule has 2 heterocycles. The second kappa shape index (κ2) is 4.28. The third-order valence-electron chi connectivity index (χ3n) is 2.96. The van der Waals surface area contributed by atoms with E-state index in [2.05, 4.69) is 10.1 Å². The summed E-state index contributed by atoms with van der Waals surface area (Å²) in [6.07, 6.45) is 0. The summed E-state index contributed by atoms with van der Waals surface area (Å²) in [5, 5.41) is 13.7. The molecule has 0 radical (unpaired) electrons. The van der Waals surface area contributed by atoms with Crippen LogP contribution in [-0.4, -0.2) is 22.4 Å². The maximum absolute atomic E-state index is 9.93. The van der Waals surface area contributed by atoms with Gasteiger partial charge in [0.15, 0.2) is 5.75 Å². The summed E-state index contributed by atoms with van der Waals surface area (Å²) in [7, 11) is 1.62. The van der Waals surface area contributed by atoms with E-state index in [1.807, 2.05) is 24.3 Å². The Bertz CT molecular complexity index is 732. The van der Waals surface area contributed by atoms with Crippen LogP contribution in [-0.2, 0) is 0 Å². The van der Waals surface area contributed by atoms with Crippen molar-refractivity contribution in [2.75, 3.05) is 7.11 Å². The van der Waals surface area contributed by atoms with E-state index in [0.717, 1.165) is 11.3 Å². The van der Waals surface area contributed by atoms with Gasteiger partial charge in [-0.1, -0.05) is 5.16 Å². The van der Waals surface area contributed by atoms with E-state index in [1.54, 1.807) is 20.1 Å². The van der Waals surface area contributed by atoms with E-state index < -0.39 is 0 Å². The van der Waals surface area contributed by atoms with E-state index in [1.165, 1.54) is 0 Å². The SMILES string of the molecule is COc1ccc(-c2cc(O)c3onc(C)c3n2)cc1. The molecular weight excluding hydrogens is 244 g/mol. The van der Waals surface area contributed by atoms with Gasteiger partial charge < -0.3 is 14.4 Å². The lowest BCUT2D eigenvalue weighted by Gasteiger charge is -2.04. The first-order valence-corrected chi connectivity index (χ1v) is 5.79. The Labute approximate surface area is 109 Å². The van der Waals surface area contributed by atoms with Crippen LogP contribution in [0.2, 0.25) is 0 Å². The van der Waals surface area contributed by atoms with Crippen molar-refractivity contribution in [3.05, 3.63) is 36.0 Å². The molecule has 0 unspecified atom stereocenters. The van der Waals surface area contributed by atoms with Gasteiger partial charge in [-0.15, -0.1) is 0 Å². The average Bonchev–Trinajstić information content (AvgIpc) is 2.81. The van der Waals surface area contributed by atoms with Crippen LogP contribution in [0.4, 0.5) is 0 Å². The predicted octanol–water partition coefficient (Wildman–Crippen LogP) is 2.91. The van der Waals surface area contributed by atoms with Crippen LogP contribution in [0.5, 0.6) is 11.5 Å². The highest BCUT2D eigenvalue weighted by Crippen LogP contribution is 2.31. The molecule has 1 aromatic carbocycles. The van der Waals surface area contributed by atoms with Crippen molar-refractivity contribution in [2.24, 2.45) is 0 Å². The predicted molar refractivity (Wildman–Crippen MR) is 70.2 cm³/mol. The number of aromatic nitrogens is 2. The highest BCUT2D eigenvalue weighted by Gasteiger charge is 2.13. The summed E-state index contributed by atoms with van der Waals surface area (Å²) >= 11 is 0. The molecule has 0 aliphatic rings. The third kappa shape index (κ3) is 1.89. The van der Waals surface area contributed by atoms with Crippen molar-refractivity contribution in [2.45, 2.75) is 6.92 Å². The van der Waals surface area contributed by atoms with Gasteiger partial charge in [0.05, 0.1) is 12.8 Å². The Balaban J connectivity index is 2.15. The molecule has 0 spiro atoms. The lowest BCUT2D eigenvalue weighted by atomic mass is 10.1. The highest BCUT2D eigenvalue weighted by molar-refractivity contribution is 5.84. The standard InChI is InChI=1S/C14H12N2O3/c1-8-13-14(19-16-8)12(17)7-11(15-13)9-3-5-10(18-2)6-4-9/h3-7H,1-2H3,(H,15,17). The molecule has 0 fully saturated rings. The van der Waals surface area contributed by atoms with E-state index in [-0.39, 0.29) is 5.75 Å². The van der Waals surface area contributed by atoms with E-state index >= 15 is 0 Å². The fraction of sp³-hybridized carbons (Fsp3) is 0.143. The smallest absolute Gasteiger partial charge is 0.227 e. The van der Waals surface area contributed by atoms with Gasteiger partial charge >= 0.3 is 0 Å². The highest BCUT2D eigenvalue weighted by atomic mass is 16.5. The third-order valence-corrected chi connectivity index (χ3v) is 2.96. The average molecular weight is 256 g/mol. The number of methoxy groups -OCH3 is 1. The number of hydrogen-bond donors (Lipinski definition) is 1. The van der Waals surface area contributed by atoms with Crippen molar-refractivity contribution < 1.29 is 14.4 Å². The summed E-state index contributed by atoms with van der Waals surface area (Å²) in [6, 6.07) is 9.02. The number of fused-ring (bicyclic) bond motifs is 1. The van der Waals surface area contributed by atoms with Crippen molar-refractivity contribution in [3.63, 3.8) is 0 Å². The molecule has 0 atom stereocenters. The molecule has 3 aromatic rings. The van der Waals surface area contributed by atoms with Gasteiger partial charge in [-0.05, 0) is 31.2 Å². The lowest BCUT2D eigenvalue weighted by molar-refractivity contribution is 0.415. The van der Waals surface area contributed by atoms with Crippen molar-refractivity contribution in [3.8, 4) is 22.8 Å². The Kier molecular flexibility index (Phi) is 2.59. The first-order valence-electron chi connectivity index (χ1n) is 5.79. The van der Waals surface area contributed by atoms with Gasteiger partial charge in [0.1, 0.15) is 17.0 Å². The largest absolute Gasteiger partial charge is 0.504 e. The number of benzene rings is 1. The Morgan fingerprint density at radius 2 is 1.95 bits per heavy atom. The molecule has 0 bridgehead atoms.